The Morgan fingerprint density at radius 1 is 1.16 bits per heavy atom. The predicted molar refractivity (Wildman–Crippen MR) is 93.2 cm³/mol. The first kappa shape index (κ1) is 17.6. The summed E-state index contributed by atoms with van der Waals surface area (Å²) in [5.74, 6) is -0.563. The molecule has 2 aromatic rings. The first-order chi connectivity index (χ1) is 11.8. The molecular weight excluding hydrogens is 343 g/mol. The van der Waals surface area contributed by atoms with E-state index in [-0.39, 0.29) is 28.5 Å². The van der Waals surface area contributed by atoms with Gasteiger partial charge in [-0.1, -0.05) is 18.2 Å². The first-order valence-corrected chi connectivity index (χ1v) is 9.32. The van der Waals surface area contributed by atoms with Crippen molar-refractivity contribution in [3.05, 3.63) is 59.9 Å². The summed E-state index contributed by atoms with van der Waals surface area (Å²) < 4.78 is 38.4. The zero-order valence-electron chi connectivity index (χ0n) is 13.9. The number of benzene rings is 2. The summed E-state index contributed by atoms with van der Waals surface area (Å²) in [4.78, 5) is 12.5. The predicted octanol–water partition coefficient (Wildman–Crippen LogP) is 2.82. The number of hydrogen-bond donors (Lipinski definition) is 1. The van der Waals surface area contributed by atoms with Crippen molar-refractivity contribution in [3.63, 3.8) is 0 Å². The van der Waals surface area contributed by atoms with Gasteiger partial charge in [0.25, 0.3) is 0 Å². The van der Waals surface area contributed by atoms with E-state index in [1.165, 1.54) is 38.4 Å². The van der Waals surface area contributed by atoms with Crippen molar-refractivity contribution >= 4 is 21.6 Å². The standard InChI is InChI=1S/C18H19FN2O3S/c1-21(2)25(23,24)15-5-3-4-14(10-15)20-18(22)17-11-16(17)12-6-8-13(19)9-7-12/h3-10,16-17H,11H2,1-2H3,(H,20,22). The van der Waals surface area contributed by atoms with E-state index in [0.717, 1.165) is 9.87 Å². The number of carbonyl (C=O) groups excluding carboxylic acids is 1. The van der Waals surface area contributed by atoms with Crippen LogP contribution in [-0.4, -0.2) is 32.7 Å². The Balaban J connectivity index is 1.69. The largest absolute Gasteiger partial charge is 0.326 e. The molecule has 2 unspecified atom stereocenters. The van der Waals surface area contributed by atoms with Crippen molar-refractivity contribution in [2.24, 2.45) is 5.92 Å². The zero-order chi connectivity index (χ0) is 18.2. The average Bonchev–Trinajstić information content (AvgIpc) is 3.36. The molecule has 0 spiro atoms. The molecule has 0 heterocycles. The van der Waals surface area contributed by atoms with Gasteiger partial charge in [-0.15, -0.1) is 0 Å². The lowest BCUT2D eigenvalue weighted by molar-refractivity contribution is -0.117. The van der Waals surface area contributed by atoms with Crippen molar-refractivity contribution in [3.8, 4) is 0 Å². The van der Waals surface area contributed by atoms with Crippen LogP contribution in [0.1, 0.15) is 17.9 Å². The Kier molecular flexibility index (Phi) is 4.62. The van der Waals surface area contributed by atoms with Gasteiger partial charge in [0, 0.05) is 25.7 Å². The van der Waals surface area contributed by atoms with Crippen LogP contribution < -0.4 is 5.32 Å². The molecule has 1 amide bonds. The molecule has 0 aromatic heterocycles. The Morgan fingerprint density at radius 2 is 1.84 bits per heavy atom. The first-order valence-electron chi connectivity index (χ1n) is 7.88. The molecular formula is C18H19FN2O3S. The SMILES string of the molecule is CN(C)S(=O)(=O)c1cccc(NC(=O)C2CC2c2ccc(F)cc2)c1. The van der Waals surface area contributed by atoms with E-state index in [2.05, 4.69) is 5.32 Å². The third kappa shape index (κ3) is 3.72. The van der Waals surface area contributed by atoms with Gasteiger partial charge >= 0.3 is 0 Å². The van der Waals surface area contributed by atoms with E-state index in [0.29, 0.717) is 12.1 Å². The van der Waals surface area contributed by atoms with Crippen molar-refractivity contribution in [2.45, 2.75) is 17.2 Å². The summed E-state index contributed by atoms with van der Waals surface area (Å²) >= 11 is 0. The highest BCUT2D eigenvalue weighted by molar-refractivity contribution is 7.89. The molecule has 132 valence electrons. The summed E-state index contributed by atoms with van der Waals surface area (Å²) in [6, 6.07) is 12.3. The normalized spacial score (nSPS) is 19.7. The molecule has 0 radical (unpaired) electrons. The zero-order valence-corrected chi connectivity index (χ0v) is 14.8. The van der Waals surface area contributed by atoms with Crippen LogP contribution in [0.2, 0.25) is 0 Å². The molecule has 1 saturated carbocycles. The Hall–Kier alpha value is -2.25. The maximum Gasteiger partial charge on any atom is 0.242 e. The van der Waals surface area contributed by atoms with Crippen LogP contribution in [-0.2, 0) is 14.8 Å². The van der Waals surface area contributed by atoms with Crippen molar-refractivity contribution in [1.29, 1.82) is 0 Å². The average molecular weight is 362 g/mol. The second-order valence-electron chi connectivity index (χ2n) is 6.30. The fraction of sp³-hybridized carbons (Fsp3) is 0.278. The van der Waals surface area contributed by atoms with Crippen molar-refractivity contribution in [1.82, 2.24) is 4.31 Å². The van der Waals surface area contributed by atoms with Gasteiger partial charge < -0.3 is 5.32 Å². The fourth-order valence-electron chi connectivity index (χ4n) is 2.74. The van der Waals surface area contributed by atoms with E-state index in [9.17, 15) is 17.6 Å². The van der Waals surface area contributed by atoms with E-state index in [1.54, 1.807) is 24.3 Å². The highest BCUT2D eigenvalue weighted by Crippen LogP contribution is 2.48. The monoisotopic (exact) mass is 362 g/mol. The number of halogens is 1. The summed E-state index contributed by atoms with van der Waals surface area (Å²) in [6.45, 7) is 0. The lowest BCUT2D eigenvalue weighted by Gasteiger charge is -2.12. The van der Waals surface area contributed by atoms with Gasteiger partial charge in [-0.05, 0) is 48.2 Å². The second-order valence-corrected chi connectivity index (χ2v) is 8.46. The van der Waals surface area contributed by atoms with E-state index in [1.807, 2.05) is 0 Å². The van der Waals surface area contributed by atoms with Gasteiger partial charge in [0.1, 0.15) is 5.82 Å². The number of nitrogens with zero attached hydrogens (tertiary/aromatic N) is 1. The third-order valence-electron chi connectivity index (χ3n) is 4.31. The lowest BCUT2D eigenvalue weighted by Crippen LogP contribution is -2.22. The molecule has 0 bridgehead atoms. The van der Waals surface area contributed by atoms with Gasteiger partial charge in [-0.3, -0.25) is 4.79 Å². The van der Waals surface area contributed by atoms with Gasteiger partial charge in [0.2, 0.25) is 15.9 Å². The number of anilines is 1. The van der Waals surface area contributed by atoms with Crippen LogP contribution in [0.15, 0.2) is 53.4 Å². The maximum atomic E-state index is 13.0. The molecule has 1 N–H and O–H groups in total. The molecule has 0 aliphatic heterocycles. The molecule has 1 aliphatic rings. The van der Waals surface area contributed by atoms with Gasteiger partial charge in [-0.2, -0.15) is 0 Å². The lowest BCUT2D eigenvalue weighted by atomic mass is 10.1. The minimum atomic E-state index is -3.55. The quantitative estimate of drug-likeness (QED) is 0.889. The number of carbonyl (C=O) groups is 1. The van der Waals surface area contributed by atoms with Gasteiger partial charge in [-0.25, -0.2) is 17.1 Å². The molecule has 3 rings (SSSR count). The second kappa shape index (κ2) is 6.57. The number of nitrogens with one attached hydrogen (secondary N) is 1. The Morgan fingerprint density at radius 3 is 2.48 bits per heavy atom. The van der Waals surface area contributed by atoms with Crippen LogP contribution in [0.3, 0.4) is 0 Å². The molecule has 7 heteroatoms. The fourth-order valence-corrected chi connectivity index (χ4v) is 3.69. The third-order valence-corrected chi connectivity index (χ3v) is 6.12. The minimum Gasteiger partial charge on any atom is -0.326 e. The van der Waals surface area contributed by atoms with E-state index < -0.39 is 10.0 Å². The van der Waals surface area contributed by atoms with Crippen molar-refractivity contribution < 1.29 is 17.6 Å². The Bertz CT molecular complexity index is 895. The number of hydrogen-bond acceptors (Lipinski definition) is 3. The smallest absolute Gasteiger partial charge is 0.242 e. The van der Waals surface area contributed by atoms with Crippen LogP contribution in [0.25, 0.3) is 0 Å². The molecule has 2 atom stereocenters. The van der Waals surface area contributed by atoms with Gasteiger partial charge in [0.05, 0.1) is 4.90 Å². The molecule has 0 saturated heterocycles. The van der Waals surface area contributed by atoms with Crippen LogP contribution in [0.5, 0.6) is 0 Å². The topological polar surface area (TPSA) is 66.5 Å². The molecule has 25 heavy (non-hydrogen) atoms. The summed E-state index contributed by atoms with van der Waals surface area (Å²) in [5.41, 5.74) is 1.38. The van der Waals surface area contributed by atoms with Crippen molar-refractivity contribution in [2.75, 3.05) is 19.4 Å². The summed E-state index contributed by atoms with van der Waals surface area (Å²) in [6.07, 6.45) is 0.702. The minimum absolute atomic E-state index is 0.0780. The number of sulfonamides is 1. The molecule has 5 nitrogen and oxygen atoms in total. The van der Waals surface area contributed by atoms with E-state index in [4.69, 9.17) is 0 Å². The summed E-state index contributed by atoms with van der Waals surface area (Å²) in [5, 5.41) is 2.77. The summed E-state index contributed by atoms with van der Waals surface area (Å²) in [7, 11) is -0.638. The van der Waals surface area contributed by atoms with Gasteiger partial charge in [0.15, 0.2) is 0 Å². The molecule has 1 aliphatic carbocycles. The van der Waals surface area contributed by atoms with Crippen LogP contribution in [0, 0.1) is 11.7 Å². The number of amides is 1. The van der Waals surface area contributed by atoms with Crippen LogP contribution >= 0.6 is 0 Å². The maximum absolute atomic E-state index is 13.0. The van der Waals surface area contributed by atoms with Crippen LogP contribution in [0.4, 0.5) is 10.1 Å². The highest BCUT2D eigenvalue weighted by Gasteiger charge is 2.43. The number of rotatable bonds is 5. The Labute approximate surface area is 146 Å². The molecule has 1 fully saturated rings. The molecule has 2 aromatic carbocycles. The van der Waals surface area contributed by atoms with E-state index >= 15 is 0 Å². The highest BCUT2D eigenvalue weighted by atomic mass is 32.2.